The number of rotatable bonds is 6. The molecule has 0 radical (unpaired) electrons. The average Bonchev–Trinajstić information content (AvgIpc) is 2.37. The summed E-state index contributed by atoms with van der Waals surface area (Å²) in [6.45, 7) is 14.0. The smallest absolute Gasteiger partial charge is 0.192 e. The zero-order valence-corrected chi connectivity index (χ0v) is 15.0. The third kappa shape index (κ3) is 4.40. The Kier molecular flexibility index (Phi) is 5.92. The molecule has 4 heteroatoms. The van der Waals surface area contributed by atoms with Crippen molar-refractivity contribution in [2.45, 2.75) is 65.0 Å². The summed E-state index contributed by atoms with van der Waals surface area (Å²) in [6, 6.07) is 6.08. The summed E-state index contributed by atoms with van der Waals surface area (Å²) in [6.07, 6.45) is 0.999. The molecule has 0 aliphatic heterocycles. The van der Waals surface area contributed by atoms with Gasteiger partial charge in [0.2, 0.25) is 0 Å². The van der Waals surface area contributed by atoms with Crippen LogP contribution in [0.4, 0.5) is 0 Å². The van der Waals surface area contributed by atoms with Crippen LogP contribution in [0.3, 0.4) is 0 Å². The third-order valence-corrected chi connectivity index (χ3v) is 8.68. The van der Waals surface area contributed by atoms with Crippen molar-refractivity contribution in [3.63, 3.8) is 0 Å². The molecule has 0 amide bonds. The molecule has 0 saturated heterocycles. The monoisotopic (exact) mass is 295 g/mol. The number of ether oxygens (including phenoxy) is 1. The van der Waals surface area contributed by atoms with E-state index in [4.69, 9.17) is 9.16 Å². The summed E-state index contributed by atoms with van der Waals surface area (Å²) in [5, 5.41) is 0.225. The van der Waals surface area contributed by atoms with Crippen LogP contribution >= 0.6 is 0 Å². The van der Waals surface area contributed by atoms with Gasteiger partial charge in [0, 0.05) is 7.11 Å². The van der Waals surface area contributed by atoms with Crippen LogP contribution in [-0.2, 0) is 15.8 Å². The molecule has 0 spiro atoms. The van der Waals surface area contributed by atoms with Gasteiger partial charge < -0.3 is 9.16 Å². The summed E-state index contributed by atoms with van der Waals surface area (Å²) in [5.74, 6) is 0. The fourth-order valence-corrected chi connectivity index (χ4v) is 2.67. The Bertz CT molecular complexity index is 423. The fraction of sp³-hybridized carbons (Fsp3) is 0.688. The minimum atomic E-state index is -1.72. The van der Waals surface area contributed by atoms with E-state index in [0.29, 0.717) is 6.61 Å². The second kappa shape index (κ2) is 6.83. The first-order valence-corrected chi connectivity index (χ1v) is 10.2. The van der Waals surface area contributed by atoms with Crippen LogP contribution in [0.2, 0.25) is 18.1 Å². The van der Waals surface area contributed by atoms with Crippen molar-refractivity contribution in [2.75, 3.05) is 7.11 Å². The van der Waals surface area contributed by atoms with Crippen molar-refractivity contribution in [3.8, 4) is 0 Å². The molecule has 1 rings (SSSR count). The Morgan fingerprint density at radius 2 is 1.90 bits per heavy atom. The number of hydrogen-bond acceptors (Lipinski definition) is 3. The number of nitrogens with zero attached hydrogens (tertiary/aromatic N) is 1. The minimum Gasteiger partial charge on any atom is -0.411 e. The molecule has 1 heterocycles. The molecule has 0 aromatic carbocycles. The summed E-state index contributed by atoms with van der Waals surface area (Å²) >= 11 is 0. The predicted molar refractivity (Wildman–Crippen MR) is 86.3 cm³/mol. The molecule has 1 aromatic heterocycles. The normalized spacial score (nSPS) is 14.3. The van der Waals surface area contributed by atoms with Gasteiger partial charge in [-0.05, 0) is 36.7 Å². The highest BCUT2D eigenvalue weighted by Crippen LogP contribution is 2.37. The maximum Gasteiger partial charge on any atom is 0.192 e. The summed E-state index contributed by atoms with van der Waals surface area (Å²) in [4.78, 5) is 4.67. The second-order valence-corrected chi connectivity index (χ2v) is 11.5. The van der Waals surface area contributed by atoms with E-state index in [1.807, 2.05) is 18.2 Å². The first-order valence-electron chi connectivity index (χ1n) is 7.34. The lowest BCUT2D eigenvalue weighted by molar-refractivity contribution is 0.0960. The van der Waals surface area contributed by atoms with Gasteiger partial charge in [-0.25, -0.2) is 0 Å². The maximum atomic E-state index is 6.22. The highest BCUT2D eigenvalue weighted by Gasteiger charge is 2.37. The van der Waals surface area contributed by atoms with Crippen molar-refractivity contribution < 1.29 is 9.16 Å². The Balaban J connectivity index is 2.77. The molecule has 0 aliphatic rings. The van der Waals surface area contributed by atoms with Gasteiger partial charge >= 0.3 is 0 Å². The molecule has 0 N–H and O–H groups in total. The largest absolute Gasteiger partial charge is 0.411 e. The molecule has 3 nitrogen and oxygen atoms in total. The standard InChI is InChI=1S/C16H29NO2Si/c1-8-15(18-5)14-11-9-10-13(17-14)12-19-20(6,7)16(2,3)4/h9-11,15H,8,12H2,1-7H3. The Hall–Kier alpha value is -0.713. The fourth-order valence-electron chi connectivity index (χ4n) is 1.73. The Morgan fingerprint density at radius 1 is 1.25 bits per heavy atom. The van der Waals surface area contributed by atoms with Crippen LogP contribution in [0, 0.1) is 0 Å². The third-order valence-electron chi connectivity index (χ3n) is 4.20. The van der Waals surface area contributed by atoms with Crippen molar-refractivity contribution in [2.24, 2.45) is 0 Å². The van der Waals surface area contributed by atoms with Crippen LogP contribution in [0.1, 0.15) is 51.6 Å². The molecule has 20 heavy (non-hydrogen) atoms. The number of hydrogen-bond donors (Lipinski definition) is 0. The van der Waals surface area contributed by atoms with Gasteiger partial charge in [0.1, 0.15) is 0 Å². The van der Waals surface area contributed by atoms with Gasteiger partial charge in [-0.2, -0.15) is 0 Å². The van der Waals surface area contributed by atoms with Crippen molar-refractivity contribution in [3.05, 3.63) is 29.6 Å². The van der Waals surface area contributed by atoms with Gasteiger partial charge in [0.15, 0.2) is 8.32 Å². The van der Waals surface area contributed by atoms with Crippen molar-refractivity contribution in [1.29, 1.82) is 0 Å². The summed E-state index contributed by atoms with van der Waals surface area (Å²) in [5.41, 5.74) is 1.98. The zero-order chi connectivity index (χ0) is 15.4. The second-order valence-electron chi connectivity index (χ2n) is 6.74. The molecule has 0 saturated carbocycles. The molecular formula is C16H29NO2Si. The highest BCUT2D eigenvalue weighted by molar-refractivity contribution is 6.74. The molecule has 0 aliphatic carbocycles. The Labute approximate surface area is 124 Å². The lowest BCUT2D eigenvalue weighted by Gasteiger charge is -2.36. The Morgan fingerprint density at radius 3 is 2.40 bits per heavy atom. The SMILES string of the molecule is CCC(OC)c1cccc(CO[Si](C)(C)C(C)(C)C)n1. The zero-order valence-electron chi connectivity index (χ0n) is 14.0. The first-order chi connectivity index (χ1) is 9.21. The molecule has 1 atom stereocenters. The minimum absolute atomic E-state index is 0.0721. The van der Waals surface area contributed by atoms with E-state index in [9.17, 15) is 0 Å². The van der Waals surface area contributed by atoms with Crippen LogP contribution < -0.4 is 0 Å². The molecule has 0 fully saturated rings. The van der Waals surface area contributed by atoms with Crippen LogP contribution in [0.5, 0.6) is 0 Å². The molecule has 114 valence electrons. The molecular weight excluding hydrogens is 266 g/mol. The molecule has 1 unspecified atom stereocenters. The van der Waals surface area contributed by atoms with E-state index in [1.54, 1.807) is 7.11 Å². The number of pyridine rings is 1. The van der Waals surface area contributed by atoms with E-state index in [-0.39, 0.29) is 11.1 Å². The summed E-state index contributed by atoms with van der Waals surface area (Å²) in [7, 11) is 0.0107. The van der Waals surface area contributed by atoms with Crippen molar-refractivity contribution in [1.82, 2.24) is 4.98 Å². The number of methoxy groups -OCH3 is 1. The van der Waals surface area contributed by atoms with E-state index in [0.717, 1.165) is 17.8 Å². The highest BCUT2D eigenvalue weighted by atomic mass is 28.4. The van der Waals surface area contributed by atoms with Gasteiger partial charge in [0.25, 0.3) is 0 Å². The van der Waals surface area contributed by atoms with Gasteiger partial charge in [-0.15, -0.1) is 0 Å². The maximum absolute atomic E-state index is 6.22. The van der Waals surface area contributed by atoms with Gasteiger partial charge in [-0.1, -0.05) is 33.8 Å². The lowest BCUT2D eigenvalue weighted by Crippen LogP contribution is -2.40. The van der Waals surface area contributed by atoms with Gasteiger partial charge in [0.05, 0.1) is 24.1 Å². The van der Waals surface area contributed by atoms with Crippen LogP contribution in [-0.4, -0.2) is 20.4 Å². The van der Waals surface area contributed by atoms with E-state index in [2.05, 4.69) is 45.8 Å². The topological polar surface area (TPSA) is 31.4 Å². The first kappa shape index (κ1) is 17.3. The quantitative estimate of drug-likeness (QED) is 0.713. The van der Waals surface area contributed by atoms with E-state index < -0.39 is 8.32 Å². The summed E-state index contributed by atoms with van der Waals surface area (Å²) < 4.78 is 11.7. The van der Waals surface area contributed by atoms with E-state index >= 15 is 0 Å². The lowest BCUT2D eigenvalue weighted by atomic mass is 10.2. The van der Waals surface area contributed by atoms with Crippen LogP contribution in [0.15, 0.2) is 18.2 Å². The van der Waals surface area contributed by atoms with E-state index in [1.165, 1.54) is 0 Å². The van der Waals surface area contributed by atoms with Crippen molar-refractivity contribution >= 4 is 8.32 Å². The predicted octanol–water partition coefficient (Wildman–Crippen LogP) is 4.70. The molecule has 1 aromatic rings. The molecule has 0 bridgehead atoms. The van der Waals surface area contributed by atoms with Gasteiger partial charge in [-0.3, -0.25) is 4.98 Å². The number of aromatic nitrogens is 1. The van der Waals surface area contributed by atoms with Crippen LogP contribution in [0.25, 0.3) is 0 Å². The average molecular weight is 295 g/mol.